The van der Waals surface area contributed by atoms with E-state index in [9.17, 15) is 4.79 Å². The third-order valence-corrected chi connectivity index (χ3v) is 3.67. The lowest BCUT2D eigenvalue weighted by atomic mass is 9.95. The number of carboxylic acids is 1. The van der Waals surface area contributed by atoms with Crippen LogP contribution >= 0.6 is 0 Å². The molecular formula is C14H16O4. The lowest BCUT2D eigenvalue weighted by molar-refractivity contribution is -0.0680. The smallest absolute Gasteiger partial charge is 0.335 e. The standard InChI is InChI=1S/C14H16O4/c15-13(16)9-5-7-10(8-6-9)14-17-11-3-1-2-4-12(11)18-14/h5-8,11-12,14H,1-4H2,(H,15,16)/t11-,12+,14?. The van der Waals surface area contributed by atoms with Crippen LogP contribution in [0.2, 0.25) is 0 Å². The molecule has 0 radical (unpaired) electrons. The Balaban J connectivity index is 1.73. The van der Waals surface area contributed by atoms with Crippen molar-refractivity contribution in [2.24, 2.45) is 0 Å². The van der Waals surface area contributed by atoms with Crippen LogP contribution < -0.4 is 0 Å². The second-order valence-corrected chi connectivity index (χ2v) is 4.89. The van der Waals surface area contributed by atoms with Crippen LogP contribution in [0.3, 0.4) is 0 Å². The molecule has 1 unspecified atom stereocenters. The van der Waals surface area contributed by atoms with Gasteiger partial charge in [0.05, 0.1) is 17.8 Å². The summed E-state index contributed by atoms with van der Waals surface area (Å²) in [5.41, 5.74) is 1.18. The van der Waals surface area contributed by atoms with E-state index in [0.717, 1.165) is 18.4 Å². The van der Waals surface area contributed by atoms with E-state index in [-0.39, 0.29) is 24.1 Å². The summed E-state index contributed by atoms with van der Waals surface area (Å²) in [6.07, 6.45) is 4.62. The van der Waals surface area contributed by atoms with Gasteiger partial charge in [-0.25, -0.2) is 4.79 Å². The lowest BCUT2D eigenvalue weighted by Crippen LogP contribution is -2.25. The van der Waals surface area contributed by atoms with Crippen LogP contribution in [0.15, 0.2) is 24.3 Å². The second-order valence-electron chi connectivity index (χ2n) is 4.89. The van der Waals surface area contributed by atoms with E-state index in [2.05, 4.69) is 0 Å². The fourth-order valence-corrected chi connectivity index (χ4v) is 2.66. The Kier molecular flexibility index (Phi) is 3.06. The quantitative estimate of drug-likeness (QED) is 0.874. The highest BCUT2D eigenvalue weighted by Gasteiger charge is 2.38. The molecular weight excluding hydrogens is 232 g/mol. The molecule has 1 aromatic carbocycles. The highest BCUT2D eigenvalue weighted by molar-refractivity contribution is 5.87. The lowest BCUT2D eigenvalue weighted by Gasteiger charge is -2.21. The highest BCUT2D eigenvalue weighted by atomic mass is 16.7. The number of carboxylic acid groups (broad SMARTS) is 1. The van der Waals surface area contributed by atoms with E-state index in [1.54, 1.807) is 24.3 Å². The number of aromatic carboxylic acids is 1. The normalized spacial score (nSPS) is 31.0. The average molecular weight is 248 g/mol. The minimum Gasteiger partial charge on any atom is -0.478 e. The van der Waals surface area contributed by atoms with Gasteiger partial charge in [0.25, 0.3) is 0 Å². The molecule has 4 heteroatoms. The summed E-state index contributed by atoms with van der Waals surface area (Å²) < 4.78 is 11.8. The number of ether oxygens (including phenoxy) is 2. The number of hydrogen-bond acceptors (Lipinski definition) is 3. The molecule has 0 spiro atoms. The van der Waals surface area contributed by atoms with Gasteiger partial charge in [-0.3, -0.25) is 0 Å². The number of rotatable bonds is 2. The molecule has 0 aromatic heterocycles. The Hall–Kier alpha value is -1.39. The van der Waals surface area contributed by atoms with Crippen LogP contribution in [0.5, 0.6) is 0 Å². The van der Waals surface area contributed by atoms with Crippen LogP contribution in [0.1, 0.15) is 47.9 Å². The van der Waals surface area contributed by atoms with E-state index >= 15 is 0 Å². The maximum Gasteiger partial charge on any atom is 0.335 e. The molecule has 0 bridgehead atoms. The van der Waals surface area contributed by atoms with Gasteiger partial charge in [-0.2, -0.15) is 0 Å². The van der Waals surface area contributed by atoms with Gasteiger partial charge >= 0.3 is 5.97 Å². The first-order chi connectivity index (χ1) is 8.74. The zero-order valence-corrected chi connectivity index (χ0v) is 10.0. The van der Waals surface area contributed by atoms with Crippen LogP contribution in [-0.4, -0.2) is 23.3 Å². The molecule has 1 aliphatic heterocycles. The van der Waals surface area contributed by atoms with Gasteiger partial charge in [-0.05, 0) is 25.0 Å². The average Bonchev–Trinajstić information content (AvgIpc) is 2.82. The second kappa shape index (κ2) is 4.71. The fourth-order valence-electron chi connectivity index (χ4n) is 2.66. The molecule has 2 fully saturated rings. The summed E-state index contributed by atoms with van der Waals surface area (Å²) in [6.45, 7) is 0. The van der Waals surface area contributed by atoms with Crippen molar-refractivity contribution in [1.82, 2.24) is 0 Å². The van der Waals surface area contributed by atoms with Gasteiger partial charge in [0.1, 0.15) is 0 Å². The van der Waals surface area contributed by atoms with Gasteiger partial charge in [-0.15, -0.1) is 0 Å². The minimum absolute atomic E-state index is 0.211. The Morgan fingerprint density at radius 3 is 2.11 bits per heavy atom. The molecule has 3 atom stereocenters. The van der Waals surface area contributed by atoms with Crippen molar-refractivity contribution in [3.05, 3.63) is 35.4 Å². The molecule has 1 heterocycles. The summed E-state index contributed by atoms with van der Waals surface area (Å²) in [5, 5.41) is 8.85. The molecule has 18 heavy (non-hydrogen) atoms. The molecule has 1 aliphatic carbocycles. The van der Waals surface area contributed by atoms with E-state index in [1.165, 1.54) is 12.8 Å². The zero-order chi connectivity index (χ0) is 12.5. The predicted octanol–water partition coefficient (Wildman–Crippen LogP) is 2.74. The molecule has 1 saturated carbocycles. The number of carbonyl (C=O) groups is 1. The summed E-state index contributed by atoms with van der Waals surface area (Å²) >= 11 is 0. The molecule has 1 aromatic rings. The molecule has 2 aliphatic rings. The Bertz CT molecular complexity index is 426. The summed E-state index contributed by atoms with van der Waals surface area (Å²) in [7, 11) is 0. The first-order valence-electron chi connectivity index (χ1n) is 6.38. The number of fused-ring (bicyclic) bond motifs is 1. The SMILES string of the molecule is O=C(O)c1ccc(C2O[C@H]3CCCC[C@H]3O2)cc1. The van der Waals surface area contributed by atoms with Gasteiger partial charge in [0.2, 0.25) is 0 Å². The molecule has 1 saturated heterocycles. The van der Waals surface area contributed by atoms with E-state index in [1.807, 2.05) is 0 Å². The maximum absolute atomic E-state index is 10.8. The highest BCUT2D eigenvalue weighted by Crippen LogP contribution is 2.38. The van der Waals surface area contributed by atoms with Crippen molar-refractivity contribution < 1.29 is 19.4 Å². The molecule has 1 N–H and O–H groups in total. The van der Waals surface area contributed by atoms with Crippen LogP contribution in [-0.2, 0) is 9.47 Å². The Morgan fingerprint density at radius 1 is 1.06 bits per heavy atom. The first-order valence-corrected chi connectivity index (χ1v) is 6.38. The van der Waals surface area contributed by atoms with Gasteiger partial charge in [0, 0.05) is 5.56 Å². The molecule has 0 amide bonds. The summed E-state index contributed by atoms with van der Waals surface area (Å²) in [4.78, 5) is 10.8. The van der Waals surface area contributed by atoms with Gasteiger partial charge in [-0.1, -0.05) is 25.0 Å². The number of hydrogen-bond donors (Lipinski definition) is 1. The first kappa shape index (κ1) is 11.7. The Labute approximate surface area is 106 Å². The van der Waals surface area contributed by atoms with Crippen molar-refractivity contribution in [1.29, 1.82) is 0 Å². The number of benzene rings is 1. The van der Waals surface area contributed by atoms with Gasteiger partial charge < -0.3 is 14.6 Å². The van der Waals surface area contributed by atoms with Crippen molar-refractivity contribution in [3.63, 3.8) is 0 Å². The third-order valence-electron chi connectivity index (χ3n) is 3.67. The monoisotopic (exact) mass is 248 g/mol. The van der Waals surface area contributed by atoms with Crippen LogP contribution in [0, 0.1) is 0 Å². The minimum atomic E-state index is -0.913. The van der Waals surface area contributed by atoms with Crippen molar-refractivity contribution in [2.45, 2.75) is 44.2 Å². The van der Waals surface area contributed by atoms with Gasteiger partial charge in [0.15, 0.2) is 6.29 Å². The summed E-state index contributed by atoms with van der Waals surface area (Å²) in [6, 6.07) is 6.72. The van der Waals surface area contributed by atoms with Crippen molar-refractivity contribution >= 4 is 5.97 Å². The molecule has 4 nitrogen and oxygen atoms in total. The topological polar surface area (TPSA) is 55.8 Å². The maximum atomic E-state index is 10.8. The van der Waals surface area contributed by atoms with E-state index in [4.69, 9.17) is 14.6 Å². The Morgan fingerprint density at radius 2 is 1.61 bits per heavy atom. The molecule has 96 valence electrons. The van der Waals surface area contributed by atoms with E-state index < -0.39 is 5.97 Å². The van der Waals surface area contributed by atoms with E-state index in [0.29, 0.717) is 0 Å². The van der Waals surface area contributed by atoms with Crippen molar-refractivity contribution in [2.75, 3.05) is 0 Å². The van der Waals surface area contributed by atoms with Crippen LogP contribution in [0.25, 0.3) is 0 Å². The zero-order valence-electron chi connectivity index (χ0n) is 10.0. The fraction of sp³-hybridized carbons (Fsp3) is 0.500. The summed E-state index contributed by atoms with van der Waals surface area (Å²) in [5.74, 6) is -0.913. The van der Waals surface area contributed by atoms with Crippen LogP contribution in [0.4, 0.5) is 0 Å². The molecule has 3 rings (SSSR count). The largest absolute Gasteiger partial charge is 0.478 e. The third kappa shape index (κ3) is 2.13. The predicted molar refractivity (Wildman–Crippen MR) is 64.4 cm³/mol. The van der Waals surface area contributed by atoms with Crippen molar-refractivity contribution in [3.8, 4) is 0 Å².